The van der Waals surface area contributed by atoms with E-state index in [1.807, 2.05) is 32.0 Å². The third-order valence-corrected chi connectivity index (χ3v) is 2.79. The van der Waals surface area contributed by atoms with Gasteiger partial charge in [0.1, 0.15) is 5.60 Å². The summed E-state index contributed by atoms with van der Waals surface area (Å²) in [6.07, 6.45) is 0.794. The molecule has 0 N–H and O–H groups in total. The first kappa shape index (κ1) is 12.8. The summed E-state index contributed by atoms with van der Waals surface area (Å²) in [5.41, 5.74) is 0.826. The van der Waals surface area contributed by atoms with Crippen LogP contribution in [-0.2, 0) is 14.9 Å². The van der Waals surface area contributed by atoms with Crippen molar-refractivity contribution < 1.29 is 9.53 Å². The Morgan fingerprint density at radius 3 is 2.19 bits per heavy atom. The molecule has 0 aliphatic heterocycles. The molecule has 0 aromatic heterocycles. The maximum Gasteiger partial charge on any atom is 0.293 e. The molecule has 0 fully saturated rings. The molecule has 0 amide bonds. The fraction of sp³-hybridized carbons (Fsp3) is 0.500. The van der Waals surface area contributed by atoms with E-state index in [-0.39, 0.29) is 5.41 Å². The number of hydrogen-bond donors (Lipinski definition) is 0. The SMILES string of the molecule is CC(C)(CC(C)(C)c1ccccc1)OC=O. The average Bonchev–Trinajstić information content (AvgIpc) is 2.17. The Balaban J connectivity index is 2.83. The molecule has 0 spiro atoms. The number of rotatable bonds is 5. The summed E-state index contributed by atoms with van der Waals surface area (Å²) in [6, 6.07) is 10.3. The number of carbonyl (C=O) groups excluding carboxylic acids is 1. The van der Waals surface area contributed by atoms with Crippen molar-refractivity contribution in [1.29, 1.82) is 0 Å². The van der Waals surface area contributed by atoms with Crippen molar-refractivity contribution in [2.24, 2.45) is 0 Å². The van der Waals surface area contributed by atoms with Crippen molar-refractivity contribution >= 4 is 6.47 Å². The molecule has 0 unspecified atom stereocenters. The zero-order valence-electron chi connectivity index (χ0n) is 10.5. The van der Waals surface area contributed by atoms with E-state index in [0.29, 0.717) is 6.47 Å². The maximum absolute atomic E-state index is 10.4. The van der Waals surface area contributed by atoms with Crippen LogP contribution >= 0.6 is 0 Å². The van der Waals surface area contributed by atoms with Crippen LogP contribution in [0.2, 0.25) is 0 Å². The lowest BCUT2D eigenvalue weighted by Gasteiger charge is -2.34. The zero-order valence-corrected chi connectivity index (χ0v) is 10.5. The van der Waals surface area contributed by atoms with Gasteiger partial charge in [-0.2, -0.15) is 0 Å². The molecule has 0 atom stereocenters. The first-order valence-electron chi connectivity index (χ1n) is 5.54. The van der Waals surface area contributed by atoms with E-state index in [0.717, 1.165) is 6.42 Å². The summed E-state index contributed by atoms with van der Waals surface area (Å²) < 4.78 is 5.11. The Labute approximate surface area is 97.6 Å². The quantitative estimate of drug-likeness (QED) is 0.712. The van der Waals surface area contributed by atoms with E-state index < -0.39 is 5.60 Å². The van der Waals surface area contributed by atoms with Crippen molar-refractivity contribution in [3.63, 3.8) is 0 Å². The molecule has 1 aromatic carbocycles. The number of ether oxygens (including phenoxy) is 1. The van der Waals surface area contributed by atoms with E-state index in [9.17, 15) is 4.79 Å². The van der Waals surface area contributed by atoms with E-state index in [1.54, 1.807) is 0 Å². The summed E-state index contributed by atoms with van der Waals surface area (Å²) >= 11 is 0. The predicted molar refractivity (Wildman–Crippen MR) is 65.3 cm³/mol. The highest BCUT2D eigenvalue weighted by Gasteiger charge is 2.31. The van der Waals surface area contributed by atoms with Gasteiger partial charge in [-0.25, -0.2) is 0 Å². The third-order valence-electron chi connectivity index (χ3n) is 2.79. The van der Waals surface area contributed by atoms with Crippen molar-refractivity contribution in [2.45, 2.75) is 45.1 Å². The topological polar surface area (TPSA) is 26.3 Å². The van der Waals surface area contributed by atoms with Gasteiger partial charge in [-0.15, -0.1) is 0 Å². The van der Waals surface area contributed by atoms with Gasteiger partial charge in [-0.3, -0.25) is 4.79 Å². The predicted octanol–water partition coefficient (Wildman–Crippen LogP) is 3.31. The van der Waals surface area contributed by atoms with Gasteiger partial charge in [-0.05, 0) is 31.2 Å². The Morgan fingerprint density at radius 1 is 1.12 bits per heavy atom. The fourth-order valence-electron chi connectivity index (χ4n) is 2.23. The second kappa shape index (κ2) is 4.69. The first-order chi connectivity index (χ1) is 7.37. The van der Waals surface area contributed by atoms with E-state index in [1.165, 1.54) is 5.56 Å². The van der Waals surface area contributed by atoms with E-state index in [2.05, 4.69) is 26.0 Å². The standard InChI is InChI=1S/C14H20O2/c1-13(2,10-14(3,4)16-11-15)12-8-6-5-7-9-12/h5-9,11H,10H2,1-4H3. The number of hydrogen-bond acceptors (Lipinski definition) is 2. The van der Waals surface area contributed by atoms with Gasteiger partial charge in [0.15, 0.2) is 0 Å². The summed E-state index contributed by atoms with van der Waals surface area (Å²) in [4.78, 5) is 10.4. The molecule has 0 aliphatic rings. The molecule has 2 heteroatoms. The lowest BCUT2D eigenvalue weighted by Crippen LogP contribution is -2.33. The van der Waals surface area contributed by atoms with Gasteiger partial charge in [0.05, 0.1) is 0 Å². The van der Waals surface area contributed by atoms with Gasteiger partial charge < -0.3 is 4.74 Å². The van der Waals surface area contributed by atoms with Crippen LogP contribution in [0.4, 0.5) is 0 Å². The molecule has 88 valence electrons. The summed E-state index contributed by atoms with van der Waals surface area (Å²) in [7, 11) is 0. The lowest BCUT2D eigenvalue weighted by atomic mass is 9.76. The molecule has 0 radical (unpaired) electrons. The molecule has 1 rings (SSSR count). The fourth-order valence-corrected chi connectivity index (χ4v) is 2.23. The van der Waals surface area contributed by atoms with Gasteiger partial charge in [0.2, 0.25) is 0 Å². The smallest absolute Gasteiger partial charge is 0.293 e. The average molecular weight is 220 g/mol. The summed E-state index contributed by atoms with van der Waals surface area (Å²) in [6.45, 7) is 8.73. The largest absolute Gasteiger partial charge is 0.462 e. The Morgan fingerprint density at radius 2 is 1.69 bits per heavy atom. The minimum absolute atomic E-state index is 0.00618. The van der Waals surface area contributed by atoms with E-state index in [4.69, 9.17) is 4.74 Å². The minimum atomic E-state index is -0.429. The monoisotopic (exact) mass is 220 g/mol. The van der Waals surface area contributed by atoms with Gasteiger partial charge in [0.25, 0.3) is 6.47 Å². The summed E-state index contributed by atoms with van der Waals surface area (Å²) in [5, 5.41) is 0. The van der Waals surface area contributed by atoms with Crippen LogP contribution in [0, 0.1) is 0 Å². The Bertz CT molecular complexity index is 339. The van der Waals surface area contributed by atoms with Crippen LogP contribution in [0.5, 0.6) is 0 Å². The highest BCUT2D eigenvalue weighted by atomic mass is 16.5. The minimum Gasteiger partial charge on any atom is -0.462 e. The van der Waals surface area contributed by atoms with Crippen LogP contribution in [0.25, 0.3) is 0 Å². The number of benzene rings is 1. The molecule has 0 saturated heterocycles. The van der Waals surface area contributed by atoms with Gasteiger partial charge in [0, 0.05) is 0 Å². The second-order valence-corrected chi connectivity index (χ2v) is 5.40. The molecule has 0 heterocycles. The second-order valence-electron chi connectivity index (χ2n) is 5.40. The molecule has 2 nitrogen and oxygen atoms in total. The van der Waals surface area contributed by atoms with Crippen LogP contribution in [-0.4, -0.2) is 12.1 Å². The van der Waals surface area contributed by atoms with Gasteiger partial charge >= 0.3 is 0 Å². The normalized spacial score (nSPS) is 12.2. The van der Waals surface area contributed by atoms with Crippen LogP contribution < -0.4 is 0 Å². The van der Waals surface area contributed by atoms with Crippen molar-refractivity contribution in [3.8, 4) is 0 Å². The molecule has 0 saturated carbocycles. The van der Waals surface area contributed by atoms with Crippen LogP contribution in [0.15, 0.2) is 30.3 Å². The molecule has 16 heavy (non-hydrogen) atoms. The molecular weight excluding hydrogens is 200 g/mol. The van der Waals surface area contributed by atoms with Crippen LogP contribution in [0.3, 0.4) is 0 Å². The highest BCUT2D eigenvalue weighted by Crippen LogP contribution is 2.33. The van der Waals surface area contributed by atoms with Crippen LogP contribution in [0.1, 0.15) is 39.7 Å². The van der Waals surface area contributed by atoms with Crippen molar-refractivity contribution in [3.05, 3.63) is 35.9 Å². The maximum atomic E-state index is 10.4. The Hall–Kier alpha value is -1.31. The van der Waals surface area contributed by atoms with E-state index >= 15 is 0 Å². The molecular formula is C14H20O2. The number of carbonyl (C=O) groups is 1. The van der Waals surface area contributed by atoms with Crippen molar-refractivity contribution in [2.75, 3.05) is 0 Å². The molecule has 1 aromatic rings. The third kappa shape index (κ3) is 3.37. The Kier molecular flexibility index (Phi) is 3.74. The summed E-state index contributed by atoms with van der Waals surface area (Å²) in [5.74, 6) is 0. The molecule has 0 bridgehead atoms. The van der Waals surface area contributed by atoms with Crippen molar-refractivity contribution in [1.82, 2.24) is 0 Å². The molecule has 0 aliphatic carbocycles. The first-order valence-corrected chi connectivity index (χ1v) is 5.54. The lowest BCUT2D eigenvalue weighted by molar-refractivity contribution is -0.141. The zero-order chi connectivity index (χ0) is 12.2. The van der Waals surface area contributed by atoms with Gasteiger partial charge in [-0.1, -0.05) is 44.2 Å². The highest BCUT2D eigenvalue weighted by molar-refractivity contribution is 5.38.